The second-order valence-corrected chi connectivity index (χ2v) is 6.79. The van der Waals surface area contributed by atoms with Crippen LogP contribution in [0.5, 0.6) is 0 Å². The highest BCUT2D eigenvalue weighted by atomic mass is 32.2. The first-order chi connectivity index (χ1) is 5.88. The summed E-state index contributed by atoms with van der Waals surface area (Å²) in [6.07, 6.45) is 1.61. The predicted octanol–water partition coefficient (Wildman–Crippen LogP) is 0.973. The second-order valence-electron chi connectivity index (χ2n) is 5.43. The fraction of sp³-hybridized carbons (Fsp3) is 1.00. The number of thioether (sulfide) groups is 1. The van der Waals surface area contributed by atoms with Crippen molar-refractivity contribution >= 4 is 11.8 Å². The van der Waals surface area contributed by atoms with Crippen LogP contribution in [-0.4, -0.2) is 21.7 Å². The van der Waals surface area contributed by atoms with Crippen LogP contribution in [-0.2, 0) is 0 Å². The lowest BCUT2D eigenvalue weighted by Crippen LogP contribution is -2.48. The topological polar surface area (TPSA) is 20.2 Å². The fourth-order valence-electron chi connectivity index (χ4n) is 5.51. The summed E-state index contributed by atoms with van der Waals surface area (Å²) in [4.78, 5) is 0. The number of rotatable bonds is 0. The molecule has 0 aromatic carbocycles. The highest BCUT2D eigenvalue weighted by Crippen LogP contribution is 2.82. The Morgan fingerprint density at radius 2 is 1.83 bits per heavy atom. The monoisotopic (exact) mass is 180 g/mol. The van der Waals surface area contributed by atoms with E-state index in [1.807, 2.05) is 0 Å². The van der Waals surface area contributed by atoms with Gasteiger partial charge in [0.05, 0.1) is 6.10 Å². The standard InChI is InChI=1S/C10H12OS/c11-8-6-2-1-3-5-4(2)7(8)10(5)12-9(3)6/h2-11H,1H2/t2-,3+,4+,5-,6-,7+,8+,9-,10-/m0/s1. The van der Waals surface area contributed by atoms with Gasteiger partial charge < -0.3 is 5.11 Å². The van der Waals surface area contributed by atoms with E-state index in [9.17, 15) is 5.11 Å². The van der Waals surface area contributed by atoms with E-state index in [-0.39, 0.29) is 6.10 Å². The number of hydrogen-bond donors (Lipinski definition) is 1. The van der Waals surface area contributed by atoms with Crippen molar-refractivity contribution in [3.63, 3.8) is 0 Å². The molecular formula is C10H12OS. The lowest BCUT2D eigenvalue weighted by Gasteiger charge is -2.45. The molecule has 0 spiro atoms. The van der Waals surface area contributed by atoms with E-state index >= 15 is 0 Å². The summed E-state index contributed by atoms with van der Waals surface area (Å²) in [5, 5.41) is 11.9. The zero-order valence-electron chi connectivity index (χ0n) is 6.76. The first kappa shape index (κ1) is 5.92. The minimum absolute atomic E-state index is 0.125. The Kier molecular flexibility index (Phi) is 0.690. The Morgan fingerprint density at radius 3 is 2.75 bits per heavy atom. The molecule has 0 amide bonds. The van der Waals surface area contributed by atoms with E-state index in [1.54, 1.807) is 0 Å². The van der Waals surface area contributed by atoms with Gasteiger partial charge in [-0.3, -0.25) is 0 Å². The van der Waals surface area contributed by atoms with Crippen molar-refractivity contribution in [1.29, 1.82) is 0 Å². The van der Waals surface area contributed by atoms with Crippen molar-refractivity contribution in [2.45, 2.75) is 23.0 Å². The molecule has 1 nitrogen and oxygen atoms in total. The van der Waals surface area contributed by atoms with Gasteiger partial charge in [0.25, 0.3) is 0 Å². The molecule has 2 heteroatoms. The molecule has 5 rings (SSSR count). The normalized spacial score (nSPS) is 85.2. The van der Waals surface area contributed by atoms with Gasteiger partial charge in [-0.25, -0.2) is 0 Å². The molecule has 5 aliphatic rings. The summed E-state index contributed by atoms with van der Waals surface area (Å²) in [7, 11) is 0. The van der Waals surface area contributed by atoms with Gasteiger partial charge in [0.2, 0.25) is 0 Å². The van der Waals surface area contributed by atoms with Gasteiger partial charge in [-0.1, -0.05) is 0 Å². The molecular weight excluding hydrogens is 168 g/mol. The molecule has 2 bridgehead atoms. The third-order valence-electron chi connectivity index (χ3n) is 5.58. The summed E-state index contributed by atoms with van der Waals surface area (Å²) >= 11 is 2.25. The van der Waals surface area contributed by atoms with Gasteiger partial charge in [-0.05, 0) is 30.1 Å². The van der Waals surface area contributed by atoms with Gasteiger partial charge in [0, 0.05) is 22.3 Å². The van der Waals surface area contributed by atoms with E-state index in [0.717, 1.165) is 46.0 Å². The summed E-state index contributed by atoms with van der Waals surface area (Å²) in [6.45, 7) is 0. The summed E-state index contributed by atoms with van der Waals surface area (Å²) < 4.78 is 0. The van der Waals surface area contributed by atoms with E-state index in [4.69, 9.17) is 0 Å². The second kappa shape index (κ2) is 1.40. The van der Waals surface area contributed by atoms with E-state index < -0.39 is 0 Å². The lowest BCUT2D eigenvalue weighted by atomic mass is 9.64. The van der Waals surface area contributed by atoms with Gasteiger partial charge in [-0.2, -0.15) is 11.8 Å². The van der Waals surface area contributed by atoms with Crippen molar-refractivity contribution in [2.75, 3.05) is 0 Å². The summed E-state index contributed by atoms with van der Waals surface area (Å²) in [5.41, 5.74) is 0. The maximum Gasteiger partial charge on any atom is 0.0623 e. The molecule has 0 aromatic rings. The smallest absolute Gasteiger partial charge is 0.0623 e. The van der Waals surface area contributed by atoms with Gasteiger partial charge in [0.15, 0.2) is 0 Å². The van der Waals surface area contributed by atoms with Crippen LogP contribution >= 0.6 is 11.8 Å². The maximum atomic E-state index is 10.1. The number of aliphatic hydroxyl groups is 1. The van der Waals surface area contributed by atoms with Crippen molar-refractivity contribution in [2.24, 2.45) is 35.5 Å². The molecule has 1 saturated heterocycles. The van der Waals surface area contributed by atoms with Gasteiger partial charge >= 0.3 is 0 Å². The molecule has 0 aromatic heterocycles. The first-order valence-electron chi connectivity index (χ1n) is 5.21. The van der Waals surface area contributed by atoms with E-state index in [1.165, 1.54) is 6.42 Å². The van der Waals surface area contributed by atoms with Crippen molar-refractivity contribution in [1.82, 2.24) is 0 Å². The summed E-state index contributed by atoms with van der Waals surface area (Å²) in [6, 6.07) is 0. The molecule has 4 saturated carbocycles. The van der Waals surface area contributed by atoms with Gasteiger partial charge in [0.1, 0.15) is 0 Å². The van der Waals surface area contributed by atoms with E-state index in [0.29, 0.717) is 0 Å². The molecule has 1 aliphatic heterocycles. The van der Waals surface area contributed by atoms with Gasteiger partial charge in [-0.15, -0.1) is 0 Å². The van der Waals surface area contributed by atoms with Crippen molar-refractivity contribution in [3.8, 4) is 0 Å². The third kappa shape index (κ3) is 0.327. The Hall–Kier alpha value is 0.310. The average Bonchev–Trinajstić information content (AvgIpc) is 2.47. The lowest BCUT2D eigenvalue weighted by molar-refractivity contribution is 0.0307. The molecule has 5 fully saturated rings. The van der Waals surface area contributed by atoms with Crippen LogP contribution in [0.25, 0.3) is 0 Å². The number of aliphatic hydroxyl groups excluding tert-OH is 1. The van der Waals surface area contributed by atoms with Crippen LogP contribution in [0.2, 0.25) is 0 Å². The Balaban J connectivity index is 1.86. The Morgan fingerprint density at radius 1 is 0.917 bits per heavy atom. The van der Waals surface area contributed by atoms with Crippen molar-refractivity contribution in [3.05, 3.63) is 0 Å². The summed E-state index contributed by atoms with van der Waals surface area (Å²) in [5.74, 6) is 5.57. The van der Waals surface area contributed by atoms with Crippen LogP contribution in [0.4, 0.5) is 0 Å². The SMILES string of the molecule is O[C@@H]1[C@@H]2[C@H]3C[C@H]4[C@@H]2S[C@@H]2[C@@H]1[C@H]3[C@H]42. The minimum Gasteiger partial charge on any atom is -0.392 e. The van der Waals surface area contributed by atoms with Crippen LogP contribution in [0, 0.1) is 35.5 Å². The third-order valence-corrected chi connectivity index (χ3v) is 7.50. The number of hydrogen-bond acceptors (Lipinski definition) is 2. The van der Waals surface area contributed by atoms with Crippen LogP contribution in [0.3, 0.4) is 0 Å². The molecule has 4 aliphatic carbocycles. The molecule has 0 radical (unpaired) electrons. The van der Waals surface area contributed by atoms with Crippen LogP contribution in [0.1, 0.15) is 6.42 Å². The highest BCUT2D eigenvalue weighted by Gasteiger charge is 2.81. The molecule has 0 unspecified atom stereocenters. The maximum absolute atomic E-state index is 10.1. The van der Waals surface area contributed by atoms with Crippen LogP contribution in [0.15, 0.2) is 0 Å². The molecule has 64 valence electrons. The zero-order chi connectivity index (χ0) is 7.61. The molecule has 1 N–H and O–H groups in total. The quantitative estimate of drug-likeness (QED) is 0.599. The molecule has 12 heavy (non-hydrogen) atoms. The first-order valence-corrected chi connectivity index (χ1v) is 6.16. The fourth-order valence-corrected chi connectivity index (χ4v) is 8.00. The molecule has 9 atom stereocenters. The number of fused-ring (bicyclic) bond motifs is 2. The zero-order valence-corrected chi connectivity index (χ0v) is 7.58. The molecule has 1 heterocycles. The van der Waals surface area contributed by atoms with E-state index in [2.05, 4.69) is 11.8 Å². The Labute approximate surface area is 75.9 Å². The average molecular weight is 180 g/mol. The van der Waals surface area contributed by atoms with Crippen molar-refractivity contribution < 1.29 is 5.11 Å². The highest BCUT2D eigenvalue weighted by molar-refractivity contribution is 8.01. The minimum atomic E-state index is 0.125. The van der Waals surface area contributed by atoms with Crippen LogP contribution < -0.4 is 0 Å². The predicted molar refractivity (Wildman–Crippen MR) is 46.7 cm³/mol. The largest absolute Gasteiger partial charge is 0.392 e. The Bertz CT molecular complexity index is 282.